The van der Waals surface area contributed by atoms with Crippen LogP contribution in [0.1, 0.15) is 27.7 Å². The molecule has 1 saturated heterocycles. The van der Waals surface area contributed by atoms with Gasteiger partial charge in [-0.1, -0.05) is 12.1 Å². The standard InChI is InChI=1S/C17H26N4O3/c1-13(16(22)18-17(2,3)4)19-9-11-20(12-10-19)14-7-5-6-8-15(14)21(23)24/h5-8,13H,9-12H2,1-4H3,(H,18,22)/t13-/m1/s1. The van der Waals surface area contributed by atoms with Crippen molar-refractivity contribution in [1.82, 2.24) is 10.2 Å². The first-order valence-corrected chi connectivity index (χ1v) is 8.23. The van der Waals surface area contributed by atoms with Crippen LogP contribution in [0.15, 0.2) is 24.3 Å². The fourth-order valence-electron chi connectivity index (χ4n) is 2.88. The number of nitrogens with zero attached hydrogens (tertiary/aromatic N) is 3. The summed E-state index contributed by atoms with van der Waals surface area (Å²) in [4.78, 5) is 27.3. The average Bonchev–Trinajstić information content (AvgIpc) is 2.52. The van der Waals surface area contributed by atoms with E-state index in [1.165, 1.54) is 6.07 Å². The maximum atomic E-state index is 12.3. The molecule has 1 aliphatic rings. The molecule has 0 bridgehead atoms. The van der Waals surface area contributed by atoms with Crippen molar-refractivity contribution in [2.45, 2.75) is 39.3 Å². The van der Waals surface area contributed by atoms with Gasteiger partial charge in [-0.25, -0.2) is 0 Å². The maximum Gasteiger partial charge on any atom is 0.292 e. The number of amides is 1. The summed E-state index contributed by atoms with van der Waals surface area (Å²) >= 11 is 0. The van der Waals surface area contributed by atoms with E-state index in [4.69, 9.17) is 0 Å². The molecule has 1 N–H and O–H groups in total. The molecule has 1 fully saturated rings. The molecule has 0 aliphatic carbocycles. The van der Waals surface area contributed by atoms with Crippen LogP contribution in [0.5, 0.6) is 0 Å². The lowest BCUT2D eigenvalue weighted by Crippen LogP contribution is -2.56. The normalized spacial score (nSPS) is 17.4. The van der Waals surface area contributed by atoms with Crippen LogP contribution in [0.3, 0.4) is 0 Å². The van der Waals surface area contributed by atoms with Crippen molar-refractivity contribution in [3.63, 3.8) is 0 Å². The number of nitrogens with one attached hydrogen (secondary N) is 1. The molecule has 0 aromatic heterocycles. The van der Waals surface area contributed by atoms with Crippen LogP contribution in [-0.4, -0.2) is 53.5 Å². The zero-order valence-electron chi connectivity index (χ0n) is 14.8. The van der Waals surface area contributed by atoms with E-state index in [0.29, 0.717) is 31.9 Å². The Morgan fingerprint density at radius 3 is 2.33 bits per heavy atom. The van der Waals surface area contributed by atoms with Gasteiger partial charge in [0.2, 0.25) is 5.91 Å². The number of carbonyl (C=O) groups is 1. The summed E-state index contributed by atoms with van der Waals surface area (Å²) in [6, 6.07) is 6.59. The fraction of sp³-hybridized carbons (Fsp3) is 0.588. The molecule has 7 nitrogen and oxygen atoms in total. The molecule has 24 heavy (non-hydrogen) atoms. The minimum absolute atomic E-state index is 0.0154. The Hall–Kier alpha value is -2.15. The smallest absolute Gasteiger partial charge is 0.292 e. The zero-order valence-corrected chi connectivity index (χ0v) is 14.8. The Bertz CT molecular complexity index is 604. The number of nitro benzene ring substituents is 1. The summed E-state index contributed by atoms with van der Waals surface area (Å²) in [5.41, 5.74) is 0.524. The van der Waals surface area contributed by atoms with E-state index < -0.39 is 0 Å². The molecular formula is C17H26N4O3. The first-order valence-electron chi connectivity index (χ1n) is 8.23. The zero-order chi connectivity index (χ0) is 17.9. The van der Waals surface area contributed by atoms with Crippen LogP contribution in [0.2, 0.25) is 0 Å². The highest BCUT2D eigenvalue weighted by molar-refractivity contribution is 5.82. The Balaban J connectivity index is 1.99. The average molecular weight is 334 g/mol. The predicted molar refractivity (Wildman–Crippen MR) is 94.2 cm³/mol. The van der Waals surface area contributed by atoms with Gasteiger partial charge in [0.15, 0.2) is 0 Å². The monoisotopic (exact) mass is 334 g/mol. The van der Waals surface area contributed by atoms with Crippen LogP contribution in [0.4, 0.5) is 11.4 Å². The van der Waals surface area contributed by atoms with Crippen molar-refractivity contribution >= 4 is 17.3 Å². The summed E-state index contributed by atoms with van der Waals surface area (Å²) in [5, 5.41) is 14.2. The van der Waals surface area contributed by atoms with Gasteiger partial charge in [-0.15, -0.1) is 0 Å². The molecule has 1 heterocycles. The van der Waals surface area contributed by atoms with Crippen LogP contribution in [-0.2, 0) is 4.79 Å². The van der Waals surface area contributed by atoms with E-state index in [2.05, 4.69) is 10.2 Å². The second-order valence-electron chi connectivity index (χ2n) is 7.18. The highest BCUT2D eigenvalue weighted by Crippen LogP contribution is 2.28. The SMILES string of the molecule is C[C@H](C(=O)NC(C)(C)C)N1CCN(c2ccccc2[N+](=O)[O-])CC1. The summed E-state index contributed by atoms with van der Waals surface area (Å²) in [6.45, 7) is 10.5. The number of hydrogen-bond acceptors (Lipinski definition) is 5. The van der Waals surface area contributed by atoms with Gasteiger partial charge in [0.05, 0.1) is 11.0 Å². The van der Waals surface area contributed by atoms with Gasteiger partial charge in [-0.05, 0) is 33.8 Å². The van der Waals surface area contributed by atoms with Gasteiger partial charge >= 0.3 is 0 Å². The Labute approximate surface area is 142 Å². The molecule has 1 aromatic rings. The number of rotatable bonds is 4. The highest BCUT2D eigenvalue weighted by atomic mass is 16.6. The molecule has 1 aromatic carbocycles. The highest BCUT2D eigenvalue weighted by Gasteiger charge is 2.29. The van der Waals surface area contributed by atoms with E-state index in [9.17, 15) is 14.9 Å². The van der Waals surface area contributed by atoms with Gasteiger partial charge in [0, 0.05) is 37.8 Å². The number of piperazine rings is 1. The molecule has 132 valence electrons. The minimum Gasteiger partial charge on any atom is -0.363 e. The first-order chi connectivity index (χ1) is 11.2. The van der Waals surface area contributed by atoms with E-state index >= 15 is 0 Å². The van der Waals surface area contributed by atoms with Gasteiger partial charge in [-0.2, -0.15) is 0 Å². The van der Waals surface area contributed by atoms with Crippen molar-refractivity contribution in [3.05, 3.63) is 34.4 Å². The number of para-hydroxylation sites is 2. The lowest BCUT2D eigenvalue weighted by molar-refractivity contribution is -0.384. The van der Waals surface area contributed by atoms with E-state index in [1.54, 1.807) is 12.1 Å². The lowest BCUT2D eigenvalue weighted by atomic mass is 10.1. The topological polar surface area (TPSA) is 78.7 Å². The Kier molecular flexibility index (Phi) is 5.43. The van der Waals surface area contributed by atoms with Crippen molar-refractivity contribution in [2.75, 3.05) is 31.1 Å². The third-order valence-electron chi connectivity index (χ3n) is 4.16. The lowest BCUT2D eigenvalue weighted by Gasteiger charge is -2.39. The summed E-state index contributed by atoms with van der Waals surface area (Å²) in [5.74, 6) is 0.0154. The third kappa shape index (κ3) is 4.44. The number of anilines is 1. The van der Waals surface area contributed by atoms with Crippen molar-refractivity contribution < 1.29 is 9.72 Å². The van der Waals surface area contributed by atoms with Crippen LogP contribution in [0, 0.1) is 10.1 Å². The number of hydrogen-bond donors (Lipinski definition) is 1. The number of benzene rings is 1. The predicted octanol–water partition coefficient (Wildman–Crippen LogP) is 2.02. The van der Waals surface area contributed by atoms with Crippen molar-refractivity contribution in [2.24, 2.45) is 0 Å². The van der Waals surface area contributed by atoms with Crippen LogP contribution >= 0.6 is 0 Å². The molecule has 0 unspecified atom stereocenters. The molecule has 1 atom stereocenters. The largest absolute Gasteiger partial charge is 0.363 e. The second-order valence-corrected chi connectivity index (χ2v) is 7.18. The fourth-order valence-corrected chi connectivity index (χ4v) is 2.88. The van der Waals surface area contributed by atoms with Crippen LogP contribution < -0.4 is 10.2 Å². The molecule has 2 rings (SSSR count). The maximum absolute atomic E-state index is 12.3. The summed E-state index contributed by atoms with van der Waals surface area (Å²) in [6.07, 6.45) is 0. The summed E-state index contributed by atoms with van der Waals surface area (Å²) < 4.78 is 0. The van der Waals surface area contributed by atoms with Gasteiger partial charge in [0.1, 0.15) is 5.69 Å². The molecule has 0 spiro atoms. The van der Waals surface area contributed by atoms with E-state index in [-0.39, 0.29) is 28.1 Å². The van der Waals surface area contributed by atoms with Crippen LogP contribution in [0.25, 0.3) is 0 Å². The second kappa shape index (κ2) is 7.17. The van der Waals surface area contributed by atoms with Crippen molar-refractivity contribution in [3.8, 4) is 0 Å². The number of carbonyl (C=O) groups excluding carboxylic acids is 1. The first kappa shape index (κ1) is 18.2. The summed E-state index contributed by atoms with van der Waals surface area (Å²) in [7, 11) is 0. The van der Waals surface area contributed by atoms with Crippen molar-refractivity contribution in [1.29, 1.82) is 0 Å². The molecule has 1 amide bonds. The molecular weight excluding hydrogens is 308 g/mol. The van der Waals surface area contributed by atoms with E-state index in [1.807, 2.05) is 38.7 Å². The van der Waals surface area contributed by atoms with Gasteiger partial charge < -0.3 is 10.2 Å². The van der Waals surface area contributed by atoms with Gasteiger partial charge in [0.25, 0.3) is 5.69 Å². The minimum atomic E-state index is -0.346. The molecule has 0 radical (unpaired) electrons. The Morgan fingerprint density at radius 2 is 1.79 bits per heavy atom. The molecule has 0 saturated carbocycles. The van der Waals surface area contributed by atoms with E-state index in [0.717, 1.165) is 0 Å². The number of nitro groups is 1. The van der Waals surface area contributed by atoms with Gasteiger partial charge in [-0.3, -0.25) is 19.8 Å². The Morgan fingerprint density at radius 1 is 1.21 bits per heavy atom. The molecule has 7 heteroatoms. The third-order valence-corrected chi connectivity index (χ3v) is 4.16. The molecule has 1 aliphatic heterocycles. The quantitative estimate of drug-likeness (QED) is 0.673.